The van der Waals surface area contributed by atoms with Gasteiger partial charge in [-0.3, -0.25) is 9.78 Å². The second-order valence-electron chi connectivity index (χ2n) is 7.26. The molecular weight excluding hydrogens is 330 g/mol. The van der Waals surface area contributed by atoms with E-state index in [4.69, 9.17) is 14.2 Å². The third-order valence-corrected chi connectivity index (χ3v) is 5.87. The van der Waals surface area contributed by atoms with Gasteiger partial charge in [0.1, 0.15) is 19.0 Å². The molecule has 2 fully saturated rings. The van der Waals surface area contributed by atoms with Gasteiger partial charge in [-0.15, -0.1) is 0 Å². The first kappa shape index (κ1) is 17.3. The van der Waals surface area contributed by atoms with Crippen molar-refractivity contribution in [1.82, 2.24) is 4.98 Å². The topological polar surface area (TPSA) is 57.7 Å². The number of carbonyl (C=O) groups is 1. The molecule has 5 heteroatoms. The third-order valence-electron chi connectivity index (χ3n) is 5.87. The minimum absolute atomic E-state index is 0.0214. The van der Waals surface area contributed by atoms with Crippen LogP contribution in [0.25, 0.3) is 10.9 Å². The number of pyridine rings is 1. The lowest BCUT2D eigenvalue weighted by molar-refractivity contribution is -0.155. The number of aromatic nitrogens is 1. The van der Waals surface area contributed by atoms with E-state index < -0.39 is 0 Å². The fourth-order valence-corrected chi connectivity index (χ4v) is 4.47. The van der Waals surface area contributed by atoms with Crippen LogP contribution in [0.2, 0.25) is 0 Å². The van der Waals surface area contributed by atoms with Crippen molar-refractivity contribution in [2.45, 2.75) is 32.1 Å². The quantitative estimate of drug-likeness (QED) is 0.604. The van der Waals surface area contributed by atoms with E-state index in [-0.39, 0.29) is 23.9 Å². The van der Waals surface area contributed by atoms with Crippen molar-refractivity contribution in [3.05, 3.63) is 36.5 Å². The standard InChI is InChI=1S/C21H25NO4/c23-20(17-5-3-8-21(17)9-12-24-13-10-21)26-15-14-25-19-7-11-22-18-6-2-1-4-16(18)19/h1-2,4,6-7,11,17H,3,5,8-10,12-15H2. The summed E-state index contributed by atoms with van der Waals surface area (Å²) in [5, 5.41) is 0.971. The van der Waals surface area contributed by atoms with Crippen LogP contribution in [0.4, 0.5) is 0 Å². The Labute approximate surface area is 153 Å². The van der Waals surface area contributed by atoms with Gasteiger partial charge in [0.15, 0.2) is 0 Å². The molecule has 1 aromatic heterocycles. The molecule has 1 aliphatic carbocycles. The van der Waals surface area contributed by atoms with Crippen LogP contribution in [-0.2, 0) is 14.3 Å². The number of hydrogen-bond donors (Lipinski definition) is 0. The maximum atomic E-state index is 12.6. The number of hydrogen-bond acceptors (Lipinski definition) is 5. The van der Waals surface area contributed by atoms with Crippen molar-refractivity contribution in [2.75, 3.05) is 26.4 Å². The molecular formula is C21H25NO4. The molecule has 0 amide bonds. The van der Waals surface area contributed by atoms with Gasteiger partial charge >= 0.3 is 5.97 Å². The van der Waals surface area contributed by atoms with Crippen LogP contribution >= 0.6 is 0 Å². The number of para-hydroxylation sites is 1. The lowest BCUT2D eigenvalue weighted by atomic mass is 9.72. The van der Waals surface area contributed by atoms with Gasteiger partial charge in [0, 0.05) is 24.8 Å². The summed E-state index contributed by atoms with van der Waals surface area (Å²) in [5.41, 5.74) is 1.01. The predicted octanol–water partition coefficient (Wildman–Crippen LogP) is 3.75. The molecule has 1 atom stereocenters. The summed E-state index contributed by atoms with van der Waals surface area (Å²) in [6, 6.07) is 9.70. The Morgan fingerprint density at radius 2 is 2.00 bits per heavy atom. The molecule has 0 radical (unpaired) electrons. The van der Waals surface area contributed by atoms with Crippen molar-refractivity contribution in [1.29, 1.82) is 0 Å². The van der Waals surface area contributed by atoms with E-state index in [1.165, 1.54) is 0 Å². The lowest BCUT2D eigenvalue weighted by Gasteiger charge is -2.37. The molecule has 1 saturated carbocycles. The fraction of sp³-hybridized carbons (Fsp3) is 0.524. The first-order valence-corrected chi connectivity index (χ1v) is 9.49. The van der Waals surface area contributed by atoms with Gasteiger partial charge in [-0.25, -0.2) is 0 Å². The second-order valence-corrected chi connectivity index (χ2v) is 7.26. The highest BCUT2D eigenvalue weighted by Gasteiger charge is 2.47. The van der Waals surface area contributed by atoms with Crippen molar-refractivity contribution in [2.24, 2.45) is 11.3 Å². The van der Waals surface area contributed by atoms with Gasteiger partial charge in [-0.2, -0.15) is 0 Å². The number of esters is 1. The fourth-order valence-electron chi connectivity index (χ4n) is 4.47. The van der Waals surface area contributed by atoms with Gasteiger partial charge in [-0.05, 0) is 49.3 Å². The average Bonchev–Trinajstić information content (AvgIpc) is 3.08. The summed E-state index contributed by atoms with van der Waals surface area (Å²) >= 11 is 0. The van der Waals surface area contributed by atoms with Gasteiger partial charge in [0.25, 0.3) is 0 Å². The van der Waals surface area contributed by atoms with Crippen molar-refractivity contribution in [3.8, 4) is 5.75 Å². The first-order chi connectivity index (χ1) is 12.8. The SMILES string of the molecule is O=C(OCCOc1ccnc2ccccc12)C1CCCC12CCOCC2. The van der Waals surface area contributed by atoms with Crippen LogP contribution < -0.4 is 4.74 Å². The van der Waals surface area contributed by atoms with E-state index in [9.17, 15) is 4.79 Å². The minimum atomic E-state index is -0.0624. The van der Waals surface area contributed by atoms with Gasteiger partial charge < -0.3 is 14.2 Å². The summed E-state index contributed by atoms with van der Waals surface area (Å²) < 4.78 is 16.9. The van der Waals surface area contributed by atoms with Crippen LogP contribution in [0, 0.1) is 11.3 Å². The first-order valence-electron chi connectivity index (χ1n) is 9.49. The Kier molecular flexibility index (Phi) is 5.07. The van der Waals surface area contributed by atoms with E-state index in [1.807, 2.05) is 30.3 Å². The van der Waals surface area contributed by atoms with Crippen LogP contribution in [0.5, 0.6) is 5.75 Å². The van der Waals surface area contributed by atoms with E-state index in [0.29, 0.717) is 6.61 Å². The summed E-state index contributed by atoms with van der Waals surface area (Å²) in [4.78, 5) is 16.9. The van der Waals surface area contributed by atoms with Gasteiger partial charge in [-0.1, -0.05) is 18.6 Å². The molecule has 138 valence electrons. The zero-order valence-corrected chi connectivity index (χ0v) is 15.0. The van der Waals surface area contributed by atoms with Crippen LogP contribution in [0.1, 0.15) is 32.1 Å². The highest BCUT2D eigenvalue weighted by molar-refractivity contribution is 5.84. The summed E-state index contributed by atoms with van der Waals surface area (Å²) in [6.45, 7) is 2.16. The molecule has 1 spiro atoms. The normalized spacial score (nSPS) is 21.8. The molecule has 1 aromatic carbocycles. The Bertz CT molecular complexity index is 764. The number of benzene rings is 1. The number of nitrogens with zero attached hydrogens (tertiary/aromatic N) is 1. The van der Waals surface area contributed by atoms with Crippen molar-refractivity contribution < 1.29 is 19.0 Å². The second kappa shape index (κ2) is 7.62. The monoisotopic (exact) mass is 355 g/mol. The van der Waals surface area contributed by atoms with Crippen LogP contribution in [0.3, 0.4) is 0 Å². The zero-order valence-electron chi connectivity index (χ0n) is 15.0. The highest BCUT2D eigenvalue weighted by atomic mass is 16.6. The molecule has 0 N–H and O–H groups in total. The summed E-state index contributed by atoms with van der Waals surface area (Å²) in [6.07, 6.45) is 6.86. The Morgan fingerprint density at radius 3 is 2.88 bits per heavy atom. The highest BCUT2D eigenvalue weighted by Crippen LogP contribution is 2.50. The van der Waals surface area contributed by atoms with Gasteiger partial charge in [0.05, 0.1) is 11.4 Å². The molecule has 2 aliphatic rings. The van der Waals surface area contributed by atoms with E-state index >= 15 is 0 Å². The van der Waals surface area contributed by atoms with E-state index in [0.717, 1.165) is 62.0 Å². The summed E-state index contributed by atoms with van der Waals surface area (Å²) in [7, 11) is 0. The van der Waals surface area contributed by atoms with Crippen LogP contribution in [-0.4, -0.2) is 37.4 Å². The molecule has 0 bridgehead atoms. The van der Waals surface area contributed by atoms with E-state index in [1.54, 1.807) is 6.20 Å². The third kappa shape index (κ3) is 3.40. The number of ether oxygens (including phenoxy) is 3. The number of rotatable bonds is 5. The Morgan fingerprint density at radius 1 is 1.15 bits per heavy atom. The predicted molar refractivity (Wildman–Crippen MR) is 98.0 cm³/mol. The lowest BCUT2D eigenvalue weighted by Crippen LogP contribution is -2.38. The summed E-state index contributed by atoms with van der Waals surface area (Å²) in [5.74, 6) is 0.731. The average molecular weight is 355 g/mol. The number of carbonyl (C=O) groups excluding carboxylic acids is 1. The molecule has 1 aliphatic heterocycles. The smallest absolute Gasteiger partial charge is 0.309 e. The number of fused-ring (bicyclic) bond motifs is 1. The molecule has 4 rings (SSSR count). The van der Waals surface area contributed by atoms with Crippen molar-refractivity contribution >= 4 is 16.9 Å². The van der Waals surface area contributed by atoms with Crippen LogP contribution in [0.15, 0.2) is 36.5 Å². The Hall–Kier alpha value is -2.14. The van der Waals surface area contributed by atoms with Gasteiger partial charge in [0.2, 0.25) is 0 Å². The molecule has 5 nitrogen and oxygen atoms in total. The Balaban J connectivity index is 1.31. The maximum absolute atomic E-state index is 12.6. The van der Waals surface area contributed by atoms with E-state index in [2.05, 4.69) is 4.98 Å². The molecule has 2 aromatic rings. The molecule has 1 saturated heterocycles. The molecule has 2 heterocycles. The molecule has 1 unspecified atom stereocenters. The minimum Gasteiger partial charge on any atom is -0.489 e. The zero-order chi connectivity index (χ0) is 17.8. The van der Waals surface area contributed by atoms with Crippen molar-refractivity contribution in [3.63, 3.8) is 0 Å². The largest absolute Gasteiger partial charge is 0.489 e. The maximum Gasteiger partial charge on any atom is 0.309 e. The molecule has 26 heavy (non-hydrogen) atoms.